The van der Waals surface area contributed by atoms with Crippen molar-refractivity contribution in [3.63, 3.8) is 0 Å². The van der Waals surface area contributed by atoms with E-state index >= 15 is 0 Å². The second kappa shape index (κ2) is 6.03. The highest BCUT2D eigenvalue weighted by molar-refractivity contribution is 5.96. The Hall–Kier alpha value is -2.24. The molecule has 0 radical (unpaired) electrons. The van der Waals surface area contributed by atoms with Gasteiger partial charge in [-0.3, -0.25) is 9.59 Å². The first-order chi connectivity index (χ1) is 10.2. The van der Waals surface area contributed by atoms with Gasteiger partial charge < -0.3 is 21.3 Å². The van der Waals surface area contributed by atoms with E-state index in [1.165, 1.54) is 0 Å². The van der Waals surface area contributed by atoms with E-state index in [-0.39, 0.29) is 17.7 Å². The Morgan fingerprint density at radius 2 is 1.76 bits per heavy atom. The van der Waals surface area contributed by atoms with Crippen molar-refractivity contribution in [3.05, 3.63) is 23.8 Å². The summed E-state index contributed by atoms with van der Waals surface area (Å²) in [6.07, 6.45) is 1.99. The van der Waals surface area contributed by atoms with Gasteiger partial charge in [-0.2, -0.15) is 0 Å². The lowest BCUT2D eigenvalue weighted by atomic mass is 10.1. The Labute approximate surface area is 123 Å². The van der Waals surface area contributed by atoms with Crippen molar-refractivity contribution < 1.29 is 9.59 Å². The molecule has 6 nitrogen and oxygen atoms in total. The summed E-state index contributed by atoms with van der Waals surface area (Å²) >= 11 is 0. The molecule has 1 heterocycles. The van der Waals surface area contributed by atoms with Crippen molar-refractivity contribution in [1.29, 1.82) is 0 Å². The van der Waals surface area contributed by atoms with Crippen molar-refractivity contribution in [2.45, 2.75) is 12.8 Å². The minimum atomic E-state index is -0.120. The van der Waals surface area contributed by atoms with Crippen LogP contribution in [0.5, 0.6) is 0 Å². The van der Waals surface area contributed by atoms with Crippen LogP contribution < -0.4 is 21.3 Å². The van der Waals surface area contributed by atoms with E-state index < -0.39 is 0 Å². The van der Waals surface area contributed by atoms with Crippen molar-refractivity contribution in [1.82, 2.24) is 10.6 Å². The smallest absolute Gasteiger partial charge is 0.251 e. The number of carbonyl (C=O) groups excluding carboxylic acids is 2. The van der Waals surface area contributed by atoms with Gasteiger partial charge >= 0.3 is 0 Å². The third-order valence-electron chi connectivity index (χ3n) is 3.70. The van der Waals surface area contributed by atoms with Crippen molar-refractivity contribution in [2.24, 2.45) is 5.92 Å². The SMILES string of the molecule is O=C(NCCNC(=O)C1CC1)c1ccc2c(c1)NCCN2. The molecule has 2 amide bonds. The van der Waals surface area contributed by atoms with Crippen LogP contribution in [-0.4, -0.2) is 38.0 Å². The first-order valence-electron chi connectivity index (χ1n) is 7.42. The maximum atomic E-state index is 12.0. The fraction of sp³-hybridized carbons (Fsp3) is 0.467. The quantitative estimate of drug-likeness (QED) is 0.604. The fourth-order valence-corrected chi connectivity index (χ4v) is 2.33. The third kappa shape index (κ3) is 3.45. The normalized spacial score (nSPS) is 16.2. The highest BCUT2D eigenvalue weighted by atomic mass is 16.2. The first-order valence-corrected chi connectivity index (χ1v) is 7.42. The molecule has 0 atom stereocenters. The molecule has 0 bridgehead atoms. The number of anilines is 2. The number of carbonyl (C=O) groups is 2. The molecule has 3 rings (SSSR count). The Balaban J connectivity index is 1.47. The molecule has 0 aromatic heterocycles. The standard InChI is InChI=1S/C15H20N4O2/c20-14(10-1-2-10)18-7-8-19-15(21)11-3-4-12-13(9-11)17-6-5-16-12/h3-4,9-10,16-17H,1-2,5-8H2,(H,18,20)(H,19,21). The first kappa shape index (κ1) is 13.7. The molecule has 0 unspecified atom stereocenters. The van der Waals surface area contributed by atoms with Crippen molar-refractivity contribution in [3.8, 4) is 0 Å². The Morgan fingerprint density at radius 3 is 2.52 bits per heavy atom. The van der Waals surface area contributed by atoms with Gasteiger partial charge in [-0.05, 0) is 31.0 Å². The molecule has 1 aliphatic carbocycles. The number of hydrogen-bond acceptors (Lipinski definition) is 4. The molecular formula is C15H20N4O2. The van der Waals surface area contributed by atoms with Gasteiger partial charge in [-0.15, -0.1) is 0 Å². The summed E-state index contributed by atoms with van der Waals surface area (Å²) in [5, 5.41) is 12.2. The topological polar surface area (TPSA) is 82.3 Å². The predicted molar refractivity (Wildman–Crippen MR) is 81.5 cm³/mol. The van der Waals surface area contributed by atoms with Crippen LogP contribution >= 0.6 is 0 Å². The average molecular weight is 288 g/mol. The van der Waals surface area contributed by atoms with E-state index in [0.29, 0.717) is 18.7 Å². The minimum Gasteiger partial charge on any atom is -0.382 e. The van der Waals surface area contributed by atoms with Gasteiger partial charge in [0.15, 0.2) is 0 Å². The van der Waals surface area contributed by atoms with Crippen molar-refractivity contribution >= 4 is 23.2 Å². The summed E-state index contributed by atoms with van der Waals surface area (Å²) in [6.45, 7) is 2.66. The van der Waals surface area contributed by atoms with Gasteiger partial charge in [-0.1, -0.05) is 0 Å². The molecule has 0 saturated heterocycles. The van der Waals surface area contributed by atoms with E-state index in [1.54, 1.807) is 6.07 Å². The second-order valence-corrected chi connectivity index (χ2v) is 5.44. The highest BCUT2D eigenvalue weighted by Gasteiger charge is 2.28. The lowest BCUT2D eigenvalue weighted by Gasteiger charge is -2.20. The van der Waals surface area contributed by atoms with Crippen LogP contribution in [0.15, 0.2) is 18.2 Å². The van der Waals surface area contributed by atoms with Gasteiger partial charge in [-0.25, -0.2) is 0 Å². The Morgan fingerprint density at radius 1 is 1.05 bits per heavy atom. The summed E-state index contributed by atoms with van der Waals surface area (Å²) in [6, 6.07) is 5.56. The number of fused-ring (bicyclic) bond motifs is 1. The molecule has 112 valence electrons. The van der Waals surface area contributed by atoms with Crippen LogP contribution in [0.2, 0.25) is 0 Å². The van der Waals surface area contributed by atoms with Crippen LogP contribution in [0.3, 0.4) is 0 Å². The van der Waals surface area contributed by atoms with Crippen LogP contribution in [0.1, 0.15) is 23.2 Å². The minimum absolute atomic E-state index is 0.105. The van der Waals surface area contributed by atoms with Gasteiger partial charge in [0.2, 0.25) is 5.91 Å². The van der Waals surface area contributed by atoms with Crippen LogP contribution in [0.25, 0.3) is 0 Å². The molecule has 1 aliphatic heterocycles. The van der Waals surface area contributed by atoms with E-state index in [0.717, 1.165) is 37.3 Å². The third-order valence-corrected chi connectivity index (χ3v) is 3.70. The molecule has 1 fully saturated rings. The molecule has 6 heteroatoms. The largest absolute Gasteiger partial charge is 0.382 e. The van der Waals surface area contributed by atoms with E-state index in [1.807, 2.05) is 12.1 Å². The monoisotopic (exact) mass is 288 g/mol. The van der Waals surface area contributed by atoms with Gasteiger partial charge in [0, 0.05) is 37.7 Å². The number of amides is 2. The van der Waals surface area contributed by atoms with Crippen molar-refractivity contribution in [2.75, 3.05) is 36.8 Å². The van der Waals surface area contributed by atoms with Crippen LogP contribution in [0.4, 0.5) is 11.4 Å². The fourth-order valence-electron chi connectivity index (χ4n) is 2.33. The molecule has 0 spiro atoms. The van der Waals surface area contributed by atoms with Crippen LogP contribution in [0, 0.1) is 5.92 Å². The molecule has 1 saturated carbocycles. The van der Waals surface area contributed by atoms with E-state index in [9.17, 15) is 9.59 Å². The molecule has 2 aliphatic rings. The summed E-state index contributed by atoms with van der Waals surface area (Å²) in [5.74, 6) is 0.194. The maximum absolute atomic E-state index is 12.0. The molecule has 1 aromatic rings. The summed E-state index contributed by atoms with van der Waals surface area (Å²) in [7, 11) is 0. The van der Waals surface area contributed by atoms with E-state index in [2.05, 4.69) is 21.3 Å². The highest BCUT2D eigenvalue weighted by Crippen LogP contribution is 2.28. The summed E-state index contributed by atoms with van der Waals surface area (Å²) in [5.41, 5.74) is 2.60. The second-order valence-electron chi connectivity index (χ2n) is 5.44. The van der Waals surface area contributed by atoms with E-state index in [4.69, 9.17) is 0 Å². The lowest BCUT2D eigenvalue weighted by Crippen LogP contribution is -2.35. The lowest BCUT2D eigenvalue weighted by molar-refractivity contribution is -0.122. The van der Waals surface area contributed by atoms with Gasteiger partial charge in [0.25, 0.3) is 5.91 Å². The predicted octanol–water partition coefficient (Wildman–Crippen LogP) is 0.780. The molecular weight excluding hydrogens is 268 g/mol. The Kier molecular flexibility index (Phi) is 3.94. The number of nitrogens with one attached hydrogen (secondary N) is 4. The molecule has 4 N–H and O–H groups in total. The molecule has 1 aromatic carbocycles. The zero-order chi connectivity index (χ0) is 14.7. The number of benzene rings is 1. The summed E-state index contributed by atoms with van der Waals surface area (Å²) < 4.78 is 0. The number of rotatable bonds is 5. The zero-order valence-electron chi connectivity index (χ0n) is 11.9. The maximum Gasteiger partial charge on any atom is 0.251 e. The average Bonchev–Trinajstić information content (AvgIpc) is 3.35. The molecule has 21 heavy (non-hydrogen) atoms. The number of hydrogen-bond donors (Lipinski definition) is 4. The zero-order valence-corrected chi connectivity index (χ0v) is 11.9. The summed E-state index contributed by atoms with van der Waals surface area (Å²) in [4.78, 5) is 23.5. The van der Waals surface area contributed by atoms with Gasteiger partial charge in [0.05, 0.1) is 11.4 Å². The van der Waals surface area contributed by atoms with Gasteiger partial charge in [0.1, 0.15) is 0 Å². The van der Waals surface area contributed by atoms with Crippen LogP contribution in [-0.2, 0) is 4.79 Å². The Bertz CT molecular complexity index is 555.